The van der Waals surface area contributed by atoms with Gasteiger partial charge in [-0.05, 0) is 6.26 Å². The van der Waals surface area contributed by atoms with E-state index in [2.05, 4.69) is 10.1 Å². The molecule has 1 amide bonds. The predicted molar refractivity (Wildman–Crippen MR) is 64.1 cm³/mol. The van der Waals surface area contributed by atoms with Crippen LogP contribution in [0.1, 0.15) is 0 Å². The lowest BCUT2D eigenvalue weighted by Gasteiger charge is -2.16. The zero-order chi connectivity index (χ0) is 12.0. The molecule has 1 aliphatic rings. The molecule has 0 radical (unpaired) electrons. The number of allylic oxidation sites excluding steroid dienone is 2. The van der Waals surface area contributed by atoms with Crippen molar-refractivity contribution in [1.82, 2.24) is 5.32 Å². The second kappa shape index (κ2) is 6.37. The SMILES string of the molecule is COC(=O)[C@H](CSC)NC(=O)C1C=CC=C1. The molecular formula is C11H15NO3S. The van der Waals surface area contributed by atoms with Gasteiger partial charge in [-0.2, -0.15) is 11.8 Å². The maximum Gasteiger partial charge on any atom is 0.329 e. The minimum atomic E-state index is -0.574. The van der Waals surface area contributed by atoms with Crippen molar-refractivity contribution in [3.63, 3.8) is 0 Å². The highest BCUT2D eigenvalue weighted by Crippen LogP contribution is 2.09. The molecule has 5 heteroatoms. The predicted octanol–water partition coefficient (Wildman–Crippen LogP) is 0.749. The Labute approximate surface area is 99.1 Å². The zero-order valence-corrected chi connectivity index (χ0v) is 10.1. The van der Waals surface area contributed by atoms with Crippen molar-refractivity contribution >= 4 is 23.6 Å². The van der Waals surface area contributed by atoms with Gasteiger partial charge in [0.1, 0.15) is 6.04 Å². The summed E-state index contributed by atoms with van der Waals surface area (Å²) in [6.07, 6.45) is 9.06. The van der Waals surface area contributed by atoms with Crippen molar-refractivity contribution in [2.75, 3.05) is 19.1 Å². The molecule has 1 N–H and O–H groups in total. The topological polar surface area (TPSA) is 55.4 Å². The summed E-state index contributed by atoms with van der Waals surface area (Å²) in [6.45, 7) is 0. The molecule has 0 aromatic rings. The quantitative estimate of drug-likeness (QED) is 0.722. The smallest absolute Gasteiger partial charge is 0.329 e. The summed E-state index contributed by atoms with van der Waals surface area (Å²) in [5, 5.41) is 2.67. The van der Waals surface area contributed by atoms with Crippen molar-refractivity contribution < 1.29 is 14.3 Å². The van der Waals surface area contributed by atoms with Crippen LogP contribution in [0.4, 0.5) is 0 Å². The van der Waals surface area contributed by atoms with Crippen LogP contribution in [0.3, 0.4) is 0 Å². The maximum atomic E-state index is 11.7. The van der Waals surface area contributed by atoms with Crippen molar-refractivity contribution in [3.8, 4) is 0 Å². The first-order chi connectivity index (χ1) is 7.69. The number of methoxy groups -OCH3 is 1. The van der Waals surface area contributed by atoms with E-state index in [4.69, 9.17) is 0 Å². The Kier molecular flexibility index (Phi) is 5.11. The van der Waals surface area contributed by atoms with Crippen LogP contribution in [0.5, 0.6) is 0 Å². The third-order valence-electron chi connectivity index (χ3n) is 2.19. The summed E-state index contributed by atoms with van der Waals surface area (Å²) in [5.74, 6) is -0.337. The summed E-state index contributed by atoms with van der Waals surface area (Å²) in [6, 6.07) is -0.574. The van der Waals surface area contributed by atoms with E-state index in [1.54, 1.807) is 12.2 Å². The molecule has 0 saturated carbocycles. The lowest BCUT2D eigenvalue weighted by Crippen LogP contribution is -2.45. The molecule has 1 atom stereocenters. The maximum absolute atomic E-state index is 11.7. The Morgan fingerprint density at radius 3 is 2.56 bits per heavy atom. The van der Waals surface area contributed by atoms with E-state index in [0.29, 0.717) is 5.75 Å². The molecule has 0 aromatic carbocycles. The molecule has 1 aliphatic carbocycles. The van der Waals surface area contributed by atoms with Crippen LogP contribution >= 0.6 is 11.8 Å². The van der Waals surface area contributed by atoms with Crippen LogP contribution in [0.25, 0.3) is 0 Å². The fourth-order valence-electron chi connectivity index (χ4n) is 1.35. The highest BCUT2D eigenvalue weighted by atomic mass is 32.2. The van der Waals surface area contributed by atoms with E-state index in [0.717, 1.165) is 0 Å². The van der Waals surface area contributed by atoms with Gasteiger partial charge in [0, 0.05) is 5.75 Å². The molecule has 4 nitrogen and oxygen atoms in total. The lowest BCUT2D eigenvalue weighted by atomic mass is 10.1. The van der Waals surface area contributed by atoms with Crippen molar-refractivity contribution in [3.05, 3.63) is 24.3 Å². The minimum Gasteiger partial charge on any atom is -0.467 e. The first-order valence-corrected chi connectivity index (χ1v) is 6.30. The van der Waals surface area contributed by atoms with E-state index in [1.165, 1.54) is 18.9 Å². The van der Waals surface area contributed by atoms with Gasteiger partial charge >= 0.3 is 5.97 Å². The fourth-order valence-corrected chi connectivity index (χ4v) is 1.90. The minimum absolute atomic E-state index is 0.172. The second-order valence-corrected chi connectivity index (χ2v) is 4.25. The van der Waals surface area contributed by atoms with Crippen LogP contribution in [-0.4, -0.2) is 37.0 Å². The number of hydrogen-bond donors (Lipinski definition) is 1. The number of rotatable bonds is 5. The third kappa shape index (κ3) is 3.41. The molecule has 0 unspecified atom stereocenters. The number of thioether (sulfide) groups is 1. The van der Waals surface area contributed by atoms with E-state index >= 15 is 0 Å². The molecule has 0 aromatic heterocycles. The van der Waals surface area contributed by atoms with Crippen LogP contribution in [-0.2, 0) is 14.3 Å². The largest absolute Gasteiger partial charge is 0.467 e. The van der Waals surface area contributed by atoms with Gasteiger partial charge in [-0.3, -0.25) is 4.79 Å². The van der Waals surface area contributed by atoms with Gasteiger partial charge in [-0.25, -0.2) is 4.79 Å². The van der Waals surface area contributed by atoms with Gasteiger partial charge in [-0.15, -0.1) is 0 Å². The molecule has 0 fully saturated rings. The molecule has 88 valence electrons. The van der Waals surface area contributed by atoms with E-state index < -0.39 is 12.0 Å². The standard InChI is InChI=1S/C11H15NO3S/c1-15-11(14)9(7-16-2)12-10(13)8-5-3-4-6-8/h3-6,8-9H,7H2,1-2H3,(H,12,13)/t9-/m0/s1. The number of carbonyl (C=O) groups is 2. The average molecular weight is 241 g/mol. The molecule has 0 heterocycles. The van der Waals surface area contributed by atoms with Gasteiger partial charge < -0.3 is 10.1 Å². The van der Waals surface area contributed by atoms with Crippen LogP contribution < -0.4 is 5.32 Å². The summed E-state index contributed by atoms with van der Waals surface area (Å²) in [5.41, 5.74) is 0. The lowest BCUT2D eigenvalue weighted by molar-refractivity contribution is -0.144. The number of amides is 1. The number of esters is 1. The first-order valence-electron chi connectivity index (χ1n) is 4.91. The Bertz CT molecular complexity index is 313. The fraction of sp³-hybridized carbons (Fsp3) is 0.455. The van der Waals surface area contributed by atoms with Crippen molar-refractivity contribution in [2.45, 2.75) is 6.04 Å². The second-order valence-electron chi connectivity index (χ2n) is 3.34. The highest BCUT2D eigenvalue weighted by Gasteiger charge is 2.23. The normalized spacial score (nSPS) is 16.1. The van der Waals surface area contributed by atoms with Gasteiger partial charge in [0.25, 0.3) is 0 Å². The number of ether oxygens (including phenoxy) is 1. The zero-order valence-electron chi connectivity index (χ0n) is 9.30. The number of carbonyl (C=O) groups excluding carboxylic acids is 2. The Morgan fingerprint density at radius 2 is 2.06 bits per heavy atom. The van der Waals surface area contributed by atoms with Gasteiger partial charge in [0.2, 0.25) is 5.91 Å². The Balaban J connectivity index is 2.53. The molecule has 0 saturated heterocycles. The summed E-state index contributed by atoms with van der Waals surface area (Å²) >= 11 is 1.49. The van der Waals surface area contributed by atoms with Crippen LogP contribution in [0.2, 0.25) is 0 Å². The molecular weight excluding hydrogens is 226 g/mol. The first kappa shape index (κ1) is 12.8. The average Bonchev–Trinajstić information content (AvgIpc) is 2.80. The molecule has 1 rings (SSSR count). The van der Waals surface area contributed by atoms with E-state index in [1.807, 2.05) is 18.4 Å². The summed E-state index contributed by atoms with van der Waals surface area (Å²) in [7, 11) is 1.32. The Morgan fingerprint density at radius 1 is 1.44 bits per heavy atom. The number of hydrogen-bond acceptors (Lipinski definition) is 4. The molecule has 0 spiro atoms. The summed E-state index contributed by atoms with van der Waals surface area (Å²) in [4.78, 5) is 23.1. The van der Waals surface area contributed by atoms with Crippen molar-refractivity contribution in [2.24, 2.45) is 5.92 Å². The van der Waals surface area contributed by atoms with E-state index in [-0.39, 0.29) is 11.8 Å². The molecule has 16 heavy (non-hydrogen) atoms. The monoisotopic (exact) mass is 241 g/mol. The summed E-state index contributed by atoms with van der Waals surface area (Å²) < 4.78 is 4.63. The van der Waals surface area contributed by atoms with Gasteiger partial charge in [0.15, 0.2) is 0 Å². The third-order valence-corrected chi connectivity index (χ3v) is 2.85. The highest BCUT2D eigenvalue weighted by molar-refractivity contribution is 7.98. The van der Waals surface area contributed by atoms with Gasteiger partial charge in [0.05, 0.1) is 13.0 Å². The van der Waals surface area contributed by atoms with Crippen molar-refractivity contribution in [1.29, 1.82) is 0 Å². The van der Waals surface area contributed by atoms with Crippen LogP contribution in [0.15, 0.2) is 24.3 Å². The Hall–Kier alpha value is -1.23. The van der Waals surface area contributed by atoms with Gasteiger partial charge in [-0.1, -0.05) is 24.3 Å². The van der Waals surface area contributed by atoms with Crippen LogP contribution in [0, 0.1) is 5.92 Å². The number of nitrogens with one attached hydrogen (secondary N) is 1. The van der Waals surface area contributed by atoms with E-state index in [9.17, 15) is 9.59 Å². The molecule has 0 bridgehead atoms. The molecule has 0 aliphatic heterocycles.